The van der Waals surface area contributed by atoms with Gasteiger partial charge < -0.3 is 21.7 Å². The summed E-state index contributed by atoms with van der Waals surface area (Å²) in [4.78, 5) is 23.7. The standard InChI is InChI=1S/C14H21ClN4O2/c1-9(2)18-6-10-3-4-11(5-12(10)15)19(7-13(16)20)8-14(17)21/h3-5,9,18H,6-8H2,1-2H3,(H2,16,20)(H2,17,21). The van der Waals surface area contributed by atoms with Crippen molar-refractivity contribution < 1.29 is 9.59 Å². The lowest BCUT2D eigenvalue weighted by Gasteiger charge is -2.22. The lowest BCUT2D eigenvalue weighted by Crippen LogP contribution is -2.39. The average Bonchev–Trinajstić information content (AvgIpc) is 2.35. The molecule has 1 aromatic rings. The highest BCUT2D eigenvalue weighted by atomic mass is 35.5. The van der Waals surface area contributed by atoms with Crippen LogP contribution in [0.3, 0.4) is 0 Å². The van der Waals surface area contributed by atoms with E-state index in [4.69, 9.17) is 23.1 Å². The molecule has 0 aliphatic heterocycles. The Labute approximate surface area is 129 Å². The number of amides is 2. The molecule has 0 unspecified atom stereocenters. The molecule has 1 rings (SSSR count). The first-order chi connectivity index (χ1) is 9.79. The van der Waals surface area contributed by atoms with E-state index in [2.05, 4.69) is 5.32 Å². The highest BCUT2D eigenvalue weighted by Crippen LogP contribution is 2.23. The zero-order valence-electron chi connectivity index (χ0n) is 12.2. The van der Waals surface area contributed by atoms with Gasteiger partial charge in [-0.25, -0.2) is 0 Å². The van der Waals surface area contributed by atoms with Crippen LogP contribution in [0.5, 0.6) is 0 Å². The van der Waals surface area contributed by atoms with E-state index < -0.39 is 11.8 Å². The molecule has 2 amide bonds. The first-order valence-corrected chi connectivity index (χ1v) is 7.00. The topological polar surface area (TPSA) is 101 Å². The van der Waals surface area contributed by atoms with Crippen LogP contribution in [0.4, 0.5) is 5.69 Å². The van der Waals surface area contributed by atoms with Crippen molar-refractivity contribution in [2.75, 3.05) is 18.0 Å². The molecule has 21 heavy (non-hydrogen) atoms. The normalized spacial score (nSPS) is 10.7. The van der Waals surface area contributed by atoms with Crippen molar-refractivity contribution in [2.24, 2.45) is 11.5 Å². The largest absolute Gasteiger partial charge is 0.368 e. The van der Waals surface area contributed by atoms with Gasteiger partial charge in [0.05, 0.1) is 13.1 Å². The molecule has 7 heteroatoms. The Kier molecular flexibility index (Phi) is 6.45. The number of hydrogen-bond donors (Lipinski definition) is 3. The number of halogens is 1. The molecule has 0 atom stereocenters. The zero-order valence-corrected chi connectivity index (χ0v) is 13.0. The van der Waals surface area contributed by atoms with Gasteiger partial charge in [-0.1, -0.05) is 31.5 Å². The second-order valence-corrected chi connectivity index (χ2v) is 5.51. The fourth-order valence-corrected chi connectivity index (χ4v) is 2.05. The maximum Gasteiger partial charge on any atom is 0.236 e. The summed E-state index contributed by atoms with van der Waals surface area (Å²) in [7, 11) is 0. The van der Waals surface area contributed by atoms with Crippen molar-refractivity contribution in [3.05, 3.63) is 28.8 Å². The van der Waals surface area contributed by atoms with Gasteiger partial charge in [-0.05, 0) is 17.7 Å². The van der Waals surface area contributed by atoms with Crippen LogP contribution >= 0.6 is 11.6 Å². The van der Waals surface area contributed by atoms with Gasteiger partial charge in [-0.15, -0.1) is 0 Å². The van der Waals surface area contributed by atoms with Crippen molar-refractivity contribution in [1.29, 1.82) is 0 Å². The third kappa shape index (κ3) is 6.01. The Morgan fingerprint density at radius 1 is 1.24 bits per heavy atom. The highest BCUT2D eigenvalue weighted by molar-refractivity contribution is 6.31. The third-order valence-electron chi connectivity index (χ3n) is 2.80. The number of carbonyl (C=O) groups is 2. The Hall–Kier alpha value is -1.79. The molecule has 0 heterocycles. The highest BCUT2D eigenvalue weighted by Gasteiger charge is 2.13. The number of anilines is 1. The Balaban J connectivity index is 2.91. The van der Waals surface area contributed by atoms with Gasteiger partial charge in [-0.2, -0.15) is 0 Å². The maximum atomic E-state index is 11.1. The van der Waals surface area contributed by atoms with Gasteiger partial charge in [0.25, 0.3) is 0 Å². The van der Waals surface area contributed by atoms with Gasteiger partial charge in [0, 0.05) is 23.3 Å². The lowest BCUT2D eigenvalue weighted by molar-refractivity contribution is -0.117. The predicted molar refractivity (Wildman–Crippen MR) is 84.0 cm³/mol. The van der Waals surface area contributed by atoms with E-state index in [0.29, 0.717) is 23.3 Å². The van der Waals surface area contributed by atoms with E-state index in [9.17, 15) is 9.59 Å². The SMILES string of the molecule is CC(C)NCc1ccc(N(CC(N)=O)CC(N)=O)cc1Cl. The number of rotatable bonds is 8. The molecule has 0 aliphatic rings. The molecule has 0 fully saturated rings. The Morgan fingerprint density at radius 3 is 2.24 bits per heavy atom. The van der Waals surface area contributed by atoms with E-state index in [0.717, 1.165) is 5.56 Å². The number of carbonyl (C=O) groups excluding carboxylic acids is 2. The fraction of sp³-hybridized carbons (Fsp3) is 0.429. The van der Waals surface area contributed by atoms with Crippen molar-refractivity contribution in [3.8, 4) is 0 Å². The van der Waals surface area contributed by atoms with E-state index in [1.54, 1.807) is 12.1 Å². The minimum atomic E-state index is -0.544. The molecule has 0 spiro atoms. The number of hydrogen-bond acceptors (Lipinski definition) is 4. The number of nitrogens with zero attached hydrogens (tertiary/aromatic N) is 1. The summed E-state index contributed by atoms with van der Waals surface area (Å²) in [6, 6.07) is 5.68. The van der Waals surface area contributed by atoms with Crippen LogP contribution < -0.4 is 21.7 Å². The number of primary amides is 2. The third-order valence-corrected chi connectivity index (χ3v) is 3.15. The Bertz CT molecular complexity index is 504. The summed E-state index contributed by atoms with van der Waals surface area (Å²) >= 11 is 6.23. The van der Waals surface area contributed by atoms with Crippen molar-refractivity contribution in [2.45, 2.75) is 26.4 Å². The van der Waals surface area contributed by atoms with Crippen LogP contribution in [-0.2, 0) is 16.1 Å². The fourth-order valence-electron chi connectivity index (χ4n) is 1.81. The van der Waals surface area contributed by atoms with Crippen LogP contribution in [0.2, 0.25) is 5.02 Å². The minimum Gasteiger partial charge on any atom is -0.368 e. The molecular formula is C14H21ClN4O2. The van der Waals surface area contributed by atoms with Crippen LogP contribution in [0.1, 0.15) is 19.4 Å². The lowest BCUT2D eigenvalue weighted by atomic mass is 10.1. The number of nitrogens with two attached hydrogens (primary N) is 2. The second-order valence-electron chi connectivity index (χ2n) is 5.10. The molecule has 0 saturated carbocycles. The van der Waals surface area contributed by atoms with Crippen LogP contribution in [0.15, 0.2) is 18.2 Å². The number of nitrogens with one attached hydrogen (secondary N) is 1. The monoisotopic (exact) mass is 312 g/mol. The molecule has 1 aromatic carbocycles. The maximum absolute atomic E-state index is 11.1. The smallest absolute Gasteiger partial charge is 0.236 e. The molecule has 0 aromatic heterocycles. The van der Waals surface area contributed by atoms with Crippen LogP contribution in [-0.4, -0.2) is 30.9 Å². The molecule has 6 nitrogen and oxygen atoms in total. The van der Waals surface area contributed by atoms with Gasteiger partial charge in [0.15, 0.2) is 0 Å². The molecule has 5 N–H and O–H groups in total. The summed E-state index contributed by atoms with van der Waals surface area (Å²) in [5.74, 6) is -1.09. The van der Waals surface area contributed by atoms with Gasteiger partial charge in [0.1, 0.15) is 0 Å². The van der Waals surface area contributed by atoms with E-state index >= 15 is 0 Å². The summed E-state index contributed by atoms with van der Waals surface area (Å²) < 4.78 is 0. The van der Waals surface area contributed by atoms with E-state index in [1.807, 2.05) is 19.9 Å². The average molecular weight is 313 g/mol. The van der Waals surface area contributed by atoms with Gasteiger partial charge in [-0.3, -0.25) is 9.59 Å². The summed E-state index contributed by atoms with van der Waals surface area (Å²) in [5, 5.41) is 3.82. The first-order valence-electron chi connectivity index (χ1n) is 6.63. The van der Waals surface area contributed by atoms with Gasteiger partial charge in [0.2, 0.25) is 11.8 Å². The van der Waals surface area contributed by atoms with Crippen molar-refractivity contribution in [1.82, 2.24) is 5.32 Å². The second kappa shape index (κ2) is 7.85. The summed E-state index contributed by atoms with van der Waals surface area (Å²) in [5.41, 5.74) is 11.9. The molecular weight excluding hydrogens is 292 g/mol. The molecule has 0 aliphatic carbocycles. The van der Waals surface area contributed by atoms with Crippen molar-refractivity contribution in [3.63, 3.8) is 0 Å². The molecule has 0 saturated heterocycles. The van der Waals surface area contributed by atoms with Crippen LogP contribution in [0, 0.1) is 0 Å². The van der Waals surface area contributed by atoms with E-state index in [1.165, 1.54) is 4.90 Å². The molecule has 0 radical (unpaired) electrons. The molecule has 0 bridgehead atoms. The zero-order chi connectivity index (χ0) is 16.0. The minimum absolute atomic E-state index is 0.0944. The first kappa shape index (κ1) is 17.3. The summed E-state index contributed by atoms with van der Waals surface area (Å²) in [6.45, 7) is 4.54. The van der Waals surface area contributed by atoms with E-state index in [-0.39, 0.29) is 13.1 Å². The van der Waals surface area contributed by atoms with Crippen molar-refractivity contribution >= 4 is 29.1 Å². The van der Waals surface area contributed by atoms with Gasteiger partial charge >= 0.3 is 0 Å². The number of benzene rings is 1. The quantitative estimate of drug-likeness (QED) is 0.654. The van der Waals surface area contributed by atoms with Crippen LogP contribution in [0.25, 0.3) is 0 Å². The predicted octanol–water partition coefficient (Wildman–Crippen LogP) is 0.615. The molecule has 116 valence electrons. The Morgan fingerprint density at radius 2 is 1.81 bits per heavy atom. The summed E-state index contributed by atoms with van der Waals surface area (Å²) in [6.07, 6.45) is 0.